The monoisotopic (exact) mass is 704 g/mol. The highest BCUT2D eigenvalue weighted by molar-refractivity contribution is 9.10. The summed E-state index contributed by atoms with van der Waals surface area (Å²) in [6.07, 6.45) is 0.277. The van der Waals surface area contributed by atoms with E-state index in [4.69, 9.17) is 30.5 Å². The van der Waals surface area contributed by atoms with Gasteiger partial charge in [-0.25, -0.2) is 14.0 Å². The van der Waals surface area contributed by atoms with Crippen LogP contribution in [0.4, 0.5) is 9.18 Å². The first-order valence-electron chi connectivity index (χ1n) is 13.7. The number of esters is 1. The maximum Gasteiger partial charge on any atom is 0.337 e. The molecule has 0 saturated heterocycles. The van der Waals surface area contributed by atoms with Crippen LogP contribution in [0.25, 0.3) is 0 Å². The molecule has 0 unspecified atom stereocenters. The lowest BCUT2D eigenvalue weighted by molar-refractivity contribution is -0.136. The third kappa shape index (κ3) is 8.87. The summed E-state index contributed by atoms with van der Waals surface area (Å²) >= 11 is 9.85. The van der Waals surface area contributed by atoms with E-state index >= 15 is 0 Å². The number of urea groups is 1. The molecule has 0 spiro atoms. The number of nitrogens with one attached hydrogen (secondary N) is 3. The first kappa shape index (κ1) is 33.6. The van der Waals surface area contributed by atoms with Crippen LogP contribution in [0.15, 0.2) is 75.4 Å². The number of carbonyl (C=O) groups is 2. The molecule has 3 aromatic rings. The van der Waals surface area contributed by atoms with Crippen molar-refractivity contribution >= 4 is 45.7 Å². The van der Waals surface area contributed by atoms with E-state index in [-0.39, 0.29) is 24.6 Å². The third-order valence-corrected chi connectivity index (χ3v) is 7.30. The Morgan fingerprint density at radius 1 is 1.16 bits per heavy atom. The topological polar surface area (TPSA) is 140 Å². The number of ether oxygens (including phenoxy) is 4. The largest absolute Gasteiger partial charge is 0.490 e. The molecule has 45 heavy (non-hydrogen) atoms. The quantitative estimate of drug-likeness (QED) is 0.0809. The van der Waals surface area contributed by atoms with Crippen molar-refractivity contribution in [3.8, 4) is 17.2 Å². The Morgan fingerprint density at radius 2 is 1.91 bits per heavy atom. The van der Waals surface area contributed by atoms with Gasteiger partial charge < -0.3 is 34.7 Å². The van der Waals surface area contributed by atoms with Gasteiger partial charge in [-0.15, -0.1) is 0 Å². The number of nitrogens with zero attached hydrogens (tertiary/aromatic N) is 1. The summed E-state index contributed by atoms with van der Waals surface area (Å²) in [6.45, 7) is 3.75. The fourth-order valence-electron chi connectivity index (χ4n) is 4.35. The number of amides is 2. The van der Waals surface area contributed by atoms with E-state index in [1.807, 2.05) is 0 Å². The van der Waals surface area contributed by atoms with E-state index in [2.05, 4.69) is 37.1 Å². The van der Waals surface area contributed by atoms with Crippen LogP contribution in [0.2, 0.25) is 5.02 Å². The molecule has 0 bridgehead atoms. The summed E-state index contributed by atoms with van der Waals surface area (Å²) in [5.74, 6) is 0.190. The summed E-state index contributed by atoms with van der Waals surface area (Å²) in [5.41, 5.74) is 5.19. The molecule has 2 atom stereocenters. The molecular weight excluding hydrogens is 675 g/mol. The lowest BCUT2D eigenvalue weighted by Gasteiger charge is -2.28. The highest BCUT2D eigenvalue weighted by atomic mass is 79.9. The van der Waals surface area contributed by atoms with Gasteiger partial charge in [0.05, 0.1) is 41.0 Å². The zero-order valence-electron chi connectivity index (χ0n) is 24.5. The number of aliphatic hydroxyl groups is 1. The average Bonchev–Trinajstić information content (AvgIpc) is 3.00. The number of benzene rings is 3. The van der Waals surface area contributed by atoms with Gasteiger partial charge in [0.25, 0.3) is 0 Å². The van der Waals surface area contributed by atoms with Crippen molar-refractivity contribution in [1.29, 1.82) is 0 Å². The molecule has 1 heterocycles. The van der Waals surface area contributed by atoms with Crippen molar-refractivity contribution in [2.75, 3.05) is 20.3 Å². The van der Waals surface area contributed by atoms with Crippen LogP contribution >= 0.6 is 27.5 Å². The van der Waals surface area contributed by atoms with Gasteiger partial charge >= 0.3 is 12.0 Å². The standard InChI is InChI=1S/C31H31BrClFN4O7/c1-4-43-25-13-20(28-27(30(40)42-3)17(2)36-31(41)37-28)7-10-24(25)44-16-26(39)38-35-14-19-11-22(32)29(23(33)12-19)45-15-18-5-8-21(34)9-6-18/h5-14,26,28,38-39H,4,15-16H2,1-3H3,(H2,36,37,41)/b35-14-/t26-,28+/m1/s1. The maximum atomic E-state index is 13.1. The number of rotatable bonds is 13. The van der Waals surface area contributed by atoms with Crippen LogP contribution in [-0.4, -0.2) is 49.9 Å². The first-order valence-corrected chi connectivity index (χ1v) is 14.9. The highest BCUT2D eigenvalue weighted by Gasteiger charge is 2.32. The molecule has 0 aliphatic carbocycles. The number of methoxy groups -OCH3 is 1. The number of carbonyl (C=O) groups excluding carboxylic acids is 2. The van der Waals surface area contributed by atoms with Crippen LogP contribution in [0.1, 0.15) is 36.6 Å². The molecule has 238 valence electrons. The summed E-state index contributed by atoms with van der Waals surface area (Å²) in [6, 6.07) is 13.1. The van der Waals surface area contributed by atoms with Crippen LogP contribution in [0.3, 0.4) is 0 Å². The van der Waals surface area contributed by atoms with Gasteiger partial charge in [-0.1, -0.05) is 29.8 Å². The predicted octanol–water partition coefficient (Wildman–Crippen LogP) is 5.34. The van der Waals surface area contributed by atoms with Gasteiger partial charge in [-0.2, -0.15) is 5.10 Å². The highest BCUT2D eigenvalue weighted by Crippen LogP contribution is 2.36. The summed E-state index contributed by atoms with van der Waals surface area (Å²) < 4.78 is 35.9. The van der Waals surface area contributed by atoms with Gasteiger partial charge in [0.2, 0.25) is 0 Å². The van der Waals surface area contributed by atoms with E-state index in [0.717, 1.165) is 5.56 Å². The molecule has 0 radical (unpaired) electrons. The second kappa shape index (κ2) is 15.6. The van der Waals surface area contributed by atoms with Crippen molar-refractivity contribution in [2.45, 2.75) is 32.7 Å². The van der Waals surface area contributed by atoms with Crippen LogP contribution < -0.4 is 30.3 Å². The molecule has 4 rings (SSSR count). The fraction of sp³-hybridized carbons (Fsp3) is 0.258. The average molecular weight is 706 g/mol. The smallest absolute Gasteiger partial charge is 0.337 e. The molecule has 0 fully saturated rings. The third-order valence-electron chi connectivity index (χ3n) is 6.43. The van der Waals surface area contributed by atoms with Gasteiger partial charge in [-0.05, 0) is 82.9 Å². The fourth-order valence-corrected chi connectivity index (χ4v) is 5.34. The van der Waals surface area contributed by atoms with E-state index in [1.165, 1.54) is 25.5 Å². The first-order chi connectivity index (χ1) is 21.6. The zero-order valence-corrected chi connectivity index (χ0v) is 26.9. The molecule has 0 saturated carbocycles. The minimum atomic E-state index is -1.19. The van der Waals surface area contributed by atoms with Crippen LogP contribution in [0.5, 0.6) is 17.2 Å². The van der Waals surface area contributed by atoms with Gasteiger partial charge in [0.15, 0.2) is 23.5 Å². The van der Waals surface area contributed by atoms with Crippen molar-refractivity contribution in [2.24, 2.45) is 5.10 Å². The number of halogens is 3. The summed E-state index contributed by atoms with van der Waals surface area (Å²) in [4.78, 5) is 24.6. The van der Waals surface area contributed by atoms with E-state index in [0.29, 0.717) is 50.2 Å². The van der Waals surface area contributed by atoms with E-state index in [9.17, 15) is 19.1 Å². The van der Waals surface area contributed by atoms with Crippen molar-refractivity contribution in [1.82, 2.24) is 16.1 Å². The number of allylic oxidation sites excluding steroid dienone is 1. The lowest BCUT2D eigenvalue weighted by Crippen LogP contribution is -2.45. The number of aliphatic hydroxyl groups excluding tert-OH is 1. The Balaban J connectivity index is 1.37. The molecule has 3 aromatic carbocycles. The summed E-state index contributed by atoms with van der Waals surface area (Å²) in [7, 11) is 1.26. The molecule has 1 aliphatic heterocycles. The van der Waals surface area contributed by atoms with Gasteiger partial charge in [-0.3, -0.25) is 5.43 Å². The minimum Gasteiger partial charge on any atom is -0.490 e. The summed E-state index contributed by atoms with van der Waals surface area (Å²) in [5, 5.41) is 20.1. The number of hydrazone groups is 1. The van der Waals surface area contributed by atoms with Crippen LogP contribution in [-0.2, 0) is 16.1 Å². The van der Waals surface area contributed by atoms with Gasteiger partial charge in [0, 0.05) is 5.70 Å². The Kier molecular flexibility index (Phi) is 11.6. The molecule has 1 aliphatic rings. The number of hydrogen-bond acceptors (Lipinski definition) is 9. The van der Waals surface area contributed by atoms with E-state index in [1.54, 1.807) is 56.3 Å². The molecule has 4 N–H and O–H groups in total. The number of hydrogen-bond donors (Lipinski definition) is 4. The Labute approximate surface area is 272 Å². The molecule has 14 heteroatoms. The second-order valence-electron chi connectivity index (χ2n) is 9.64. The van der Waals surface area contributed by atoms with Crippen LogP contribution in [0, 0.1) is 5.82 Å². The Bertz CT molecular complexity index is 1580. The maximum absolute atomic E-state index is 13.1. The van der Waals surface area contributed by atoms with Crippen molar-refractivity contribution in [3.05, 3.63) is 97.9 Å². The SMILES string of the molecule is CCOc1cc([C@@H]2NC(=O)NC(C)=C2C(=O)OC)ccc1OC[C@@H](O)N/N=C\c1cc(Cl)c(OCc2ccc(F)cc2)c(Br)c1. The lowest BCUT2D eigenvalue weighted by atomic mass is 9.95. The van der Waals surface area contributed by atoms with Crippen molar-refractivity contribution < 1.29 is 38.0 Å². The molecule has 11 nitrogen and oxygen atoms in total. The predicted molar refractivity (Wildman–Crippen MR) is 169 cm³/mol. The second-order valence-corrected chi connectivity index (χ2v) is 10.9. The molecule has 0 aromatic heterocycles. The Morgan fingerprint density at radius 3 is 2.60 bits per heavy atom. The molecular formula is C31H31BrClFN4O7. The normalized spacial score (nSPS) is 15.3. The van der Waals surface area contributed by atoms with Gasteiger partial charge in [0.1, 0.15) is 19.0 Å². The molecule has 2 amide bonds. The Hall–Kier alpha value is -4.33. The minimum absolute atomic E-state index is 0.187. The van der Waals surface area contributed by atoms with E-state index < -0.39 is 24.3 Å². The van der Waals surface area contributed by atoms with Crippen molar-refractivity contribution in [3.63, 3.8) is 0 Å². The zero-order chi connectivity index (χ0) is 32.5.